The summed E-state index contributed by atoms with van der Waals surface area (Å²) in [5.41, 5.74) is 11.5. The summed E-state index contributed by atoms with van der Waals surface area (Å²) in [6.07, 6.45) is 7.80. The van der Waals surface area contributed by atoms with E-state index in [-0.39, 0.29) is 49.1 Å². The predicted molar refractivity (Wildman–Crippen MR) is 339 cm³/mol. The van der Waals surface area contributed by atoms with Crippen LogP contribution >= 0.6 is 0 Å². The zero-order valence-corrected chi connectivity index (χ0v) is 54.1. The van der Waals surface area contributed by atoms with E-state index in [1.807, 2.05) is 134 Å². The number of furan rings is 2. The summed E-state index contributed by atoms with van der Waals surface area (Å²) >= 11 is 0. The quantitative estimate of drug-likeness (QED) is 0.0920. The molecule has 11 nitrogen and oxygen atoms in total. The summed E-state index contributed by atoms with van der Waals surface area (Å²) in [6, 6.07) is 72.6. The number of aliphatic hydroxyl groups is 2. The fourth-order valence-corrected chi connectivity index (χ4v) is 10.3. The molecular weight excluding hydrogens is 1430 g/mol. The molecule has 0 amide bonds. The van der Waals surface area contributed by atoms with Gasteiger partial charge < -0.3 is 38.6 Å². The van der Waals surface area contributed by atoms with Crippen molar-refractivity contribution < 1.29 is 76.6 Å². The van der Waals surface area contributed by atoms with Crippen LogP contribution in [0.1, 0.15) is 11.8 Å². The standard InChI is InChI=1S/2C20H18NOSi.C11H9N.C11H8N.CH4O3S.2CH4O.CH4.2Ir.2H2/c2*1-23(2,3)14-10-11-15-16-7-6-8-17(18-9-4-5-12-21-18)20(16)22-19(15)13-14;2*1-2-6-10(7-3-1)11-8-4-5-9-12-11;1-5(2,3)4;2*1-2;;;;;/h2*4-7,9-13H,1-3H3;1-9H;1-6,8-9H;1H3,(H,2,3,4);2*2H,1H3;1H4;;;2*1H/q2*-1;;-1;;;;;;;;/p-1/i;;;;;;;;;;1+1D;1+1. The molecule has 82 heavy (non-hydrogen) atoms. The van der Waals surface area contributed by atoms with Gasteiger partial charge in [-0.2, -0.15) is 0 Å². The molecule has 0 saturated heterocycles. The second kappa shape index (κ2) is 33.3. The van der Waals surface area contributed by atoms with Gasteiger partial charge in [-0.05, 0) is 59.5 Å². The van der Waals surface area contributed by atoms with Gasteiger partial charge in [0.15, 0.2) is 0 Å². The van der Waals surface area contributed by atoms with Gasteiger partial charge in [0.2, 0.25) is 0 Å². The van der Waals surface area contributed by atoms with E-state index in [0.717, 1.165) is 103 Å². The molecule has 6 aromatic heterocycles. The van der Waals surface area contributed by atoms with Crippen LogP contribution in [-0.4, -0.2) is 79.7 Å². The number of aliphatic hydroxyl groups excluding tert-OH is 2. The molecule has 16 heteroatoms. The smallest absolute Gasteiger partial charge is 0.120 e. The Hall–Kier alpha value is -6.92. The number of nitrogens with zero attached hydrogens (tertiary/aromatic N) is 4. The maximum absolute atomic E-state index is 9.08. The molecule has 2 radical (unpaired) electrons. The van der Waals surface area contributed by atoms with Crippen LogP contribution in [0.5, 0.6) is 0 Å². The third-order valence-corrected chi connectivity index (χ3v) is 15.9. The first kappa shape index (κ1) is 67.6. The number of benzene rings is 6. The van der Waals surface area contributed by atoms with Crippen molar-refractivity contribution >= 4 is 80.5 Å². The number of pyridine rings is 4. The molecule has 0 spiro atoms. The maximum atomic E-state index is 9.08. The Bertz CT molecular complexity index is 3590. The van der Waals surface area contributed by atoms with E-state index in [1.54, 1.807) is 18.6 Å². The van der Waals surface area contributed by atoms with Crippen molar-refractivity contribution in [2.24, 2.45) is 0 Å². The summed E-state index contributed by atoms with van der Waals surface area (Å²) < 4.78 is 49.7. The molecule has 12 rings (SSSR count). The molecule has 0 saturated carbocycles. The Kier molecular flexibility index (Phi) is 27.4. The van der Waals surface area contributed by atoms with Crippen molar-refractivity contribution in [3.8, 4) is 45.0 Å². The van der Waals surface area contributed by atoms with Crippen LogP contribution in [0.4, 0.5) is 0 Å². The number of hydrogen-bond donors (Lipinski definition) is 2. The van der Waals surface area contributed by atoms with Crippen molar-refractivity contribution in [1.29, 1.82) is 0 Å². The van der Waals surface area contributed by atoms with E-state index in [1.165, 1.54) is 10.4 Å². The molecule has 0 atom stereocenters. The molecule has 12 aromatic rings. The summed E-state index contributed by atoms with van der Waals surface area (Å²) in [6.45, 7) is 14.1. The van der Waals surface area contributed by atoms with Gasteiger partial charge >= 0.3 is 0 Å². The fraction of sp³-hybridized carbons (Fsp3) is 0.152. The van der Waals surface area contributed by atoms with E-state index in [0.29, 0.717) is 6.26 Å². The zero-order chi connectivity index (χ0) is 59.0. The van der Waals surface area contributed by atoms with Gasteiger partial charge in [-0.15, -0.1) is 72.3 Å². The van der Waals surface area contributed by atoms with Crippen LogP contribution in [-0.2, 0) is 50.3 Å². The van der Waals surface area contributed by atoms with E-state index in [2.05, 4.69) is 138 Å². The fourth-order valence-electron chi connectivity index (χ4n) is 8.04. The Morgan fingerprint density at radius 3 is 1.18 bits per heavy atom. The molecule has 6 heterocycles. The van der Waals surface area contributed by atoms with Crippen LogP contribution in [0.25, 0.3) is 88.9 Å². The van der Waals surface area contributed by atoms with Gasteiger partial charge in [0.25, 0.3) is 0 Å². The molecule has 0 aliphatic heterocycles. The molecule has 0 aliphatic carbocycles. The zero-order valence-electron chi connectivity index (χ0n) is 48.5. The second-order valence-corrected chi connectivity index (χ2v) is 31.1. The molecule has 434 valence electrons. The minimum Gasteiger partial charge on any atom is -0.748 e. The predicted octanol–water partition coefficient (Wildman–Crippen LogP) is 14.8. The first-order valence-electron chi connectivity index (χ1n) is 26.2. The summed E-state index contributed by atoms with van der Waals surface area (Å²) in [4.78, 5) is 17.4. The van der Waals surface area contributed by atoms with E-state index < -0.39 is 26.3 Å². The molecule has 0 unspecified atom stereocenters. The summed E-state index contributed by atoms with van der Waals surface area (Å²) in [5, 5.41) is 21.4. The number of fused-ring (bicyclic) bond motifs is 6. The Morgan fingerprint density at radius 1 is 0.463 bits per heavy atom. The van der Waals surface area contributed by atoms with Crippen molar-refractivity contribution in [2.75, 3.05) is 20.5 Å². The van der Waals surface area contributed by atoms with Crippen molar-refractivity contribution in [3.63, 3.8) is 0 Å². The maximum Gasteiger partial charge on any atom is 0.120 e. The molecule has 0 fully saturated rings. The van der Waals surface area contributed by atoms with Crippen molar-refractivity contribution in [2.45, 2.75) is 46.7 Å². The molecule has 6 aromatic carbocycles. The van der Waals surface area contributed by atoms with Gasteiger partial charge in [-0.25, -0.2) is 8.42 Å². The average molecular weight is 1510 g/mol. The second-order valence-electron chi connectivity index (χ2n) is 19.5. The normalized spacial score (nSPS) is 10.6. The van der Waals surface area contributed by atoms with Crippen LogP contribution in [0.2, 0.25) is 39.3 Å². The van der Waals surface area contributed by atoms with Crippen LogP contribution in [0, 0.1) is 18.2 Å². The monoisotopic (exact) mass is 1510 g/mol. The number of hydrogen-bond acceptors (Lipinski definition) is 11. The largest absolute Gasteiger partial charge is 0.748 e. The number of aromatic nitrogens is 4. The molecular formula is C66H72Ir2N4O7SSi2-4. The Labute approximate surface area is 516 Å². The minimum absolute atomic E-state index is 0. The van der Waals surface area contributed by atoms with Gasteiger partial charge in [-0.3, -0.25) is 4.98 Å². The SMILES string of the molecule is C.CO.CO.CS(=O)(=O)[O-].C[Si](C)(C)c1ccc2c(c1)oc1c(-c3ccccn3)[c-]ccc12.C[Si](C)(C)c1ccc2c(c1)oc1c(-c3ccccn3)[c-]ccc12.[2HH].[2H][2H].[Ir].[Ir].[c-]1ccccc1-c1ccccn1.c1ccc(-c2ccccn2)cc1. The first-order valence-corrected chi connectivity index (χ1v) is 34.1. The third-order valence-electron chi connectivity index (χ3n) is 11.8. The van der Waals surface area contributed by atoms with Crippen LogP contribution in [0.3, 0.4) is 0 Å². The summed E-state index contributed by atoms with van der Waals surface area (Å²) in [7, 11) is -4.63. The van der Waals surface area contributed by atoms with Gasteiger partial charge in [0, 0.05) is 106 Å². The van der Waals surface area contributed by atoms with E-state index in [4.69, 9.17) is 35.0 Å². The first-order chi connectivity index (χ1) is 39.0. The average Bonchev–Trinajstić information content (AvgIpc) is 2.39. The van der Waals surface area contributed by atoms with Gasteiger partial charge in [-0.1, -0.05) is 176 Å². The van der Waals surface area contributed by atoms with Gasteiger partial charge in [0.1, 0.15) is 11.2 Å². The Morgan fingerprint density at radius 2 is 0.829 bits per heavy atom. The topological polar surface area (TPSA) is 175 Å². The Balaban J connectivity index is 0.000000544. The van der Waals surface area contributed by atoms with E-state index in [9.17, 15) is 0 Å². The molecule has 0 bridgehead atoms. The third kappa shape index (κ3) is 19.6. The van der Waals surface area contributed by atoms with Crippen LogP contribution in [0.15, 0.2) is 222 Å². The van der Waals surface area contributed by atoms with Crippen molar-refractivity contribution in [1.82, 2.24) is 19.9 Å². The van der Waals surface area contributed by atoms with Crippen molar-refractivity contribution in [3.05, 3.63) is 231 Å². The van der Waals surface area contributed by atoms with E-state index >= 15 is 0 Å². The molecule has 0 aliphatic rings. The molecule has 2 N–H and O–H groups in total. The summed E-state index contributed by atoms with van der Waals surface area (Å²) in [5.74, 6) is 0. The van der Waals surface area contributed by atoms with Crippen LogP contribution < -0.4 is 10.4 Å². The van der Waals surface area contributed by atoms with Gasteiger partial charge in [0.05, 0.1) is 43.1 Å². The number of rotatable bonds is 6. The minimum atomic E-state index is -3.92.